The zero-order chi connectivity index (χ0) is 26.0. The van der Waals surface area contributed by atoms with Crippen molar-refractivity contribution in [3.63, 3.8) is 0 Å². The van der Waals surface area contributed by atoms with Crippen molar-refractivity contribution in [3.05, 3.63) is 108 Å². The number of halogens is 1. The van der Waals surface area contributed by atoms with Gasteiger partial charge in [-0.25, -0.2) is 9.69 Å². The van der Waals surface area contributed by atoms with Crippen molar-refractivity contribution in [1.29, 1.82) is 0 Å². The van der Waals surface area contributed by atoms with E-state index in [2.05, 4.69) is 0 Å². The molecule has 0 radical (unpaired) electrons. The van der Waals surface area contributed by atoms with Crippen LogP contribution >= 0.6 is 0 Å². The van der Waals surface area contributed by atoms with Crippen LogP contribution in [0.5, 0.6) is 0 Å². The molecule has 4 rings (SSSR count). The van der Waals surface area contributed by atoms with E-state index in [9.17, 15) is 18.8 Å². The number of benzene rings is 3. The van der Waals surface area contributed by atoms with Crippen LogP contribution in [0.3, 0.4) is 0 Å². The number of ether oxygens (including phenoxy) is 2. The van der Waals surface area contributed by atoms with Crippen LogP contribution in [0.1, 0.15) is 35.4 Å². The summed E-state index contributed by atoms with van der Waals surface area (Å²) < 4.78 is 24.2. The maximum Gasteiger partial charge on any atom is 0.417 e. The predicted octanol–water partition coefficient (Wildman–Crippen LogP) is 5.47. The summed E-state index contributed by atoms with van der Waals surface area (Å²) >= 11 is 0. The van der Waals surface area contributed by atoms with Gasteiger partial charge in [-0.1, -0.05) is 91.0 Å². The third-order valence-electron chi connectivity index (χ3n) is 6.52. The lowest BCUT2D eigenvalue weighted by Gasteiger charge is -2.30. The average molecular weight is 504 g/mol. The van der Waals surface area contributed by atoms with Crippen LogP contribution in [0.2, 0.25) is 0 Å². The molecule has 1 aliphatic rings. The summed E-state index contributed by atoms with van der Waals surface area (Å²) in [7, 11) is 0. The van der Waals surface area contributed by atoms with E-state index >= 15 is 0 Å². The number of alkyl halides is 1. The van der Waals surface area contributed by atoms with E-state index in [-0.39, 0.29) is 26.1 Å². The van der Waals surface area contributed by atoms with Gasteiger partial charge in [0.15, 0.2) is 0 Å². The summed E-state index contributed by atoms with van der Waals surface area (Å²) in [5, 5.41) is 0. The molecule has 1 fully saturated rings. The molecule has 7 heteroatoms. The first-order valence-corrected chi connectivity index (χ1v) is 12.4. The number of carbonyl (C=O) groups excluding carboxylic acids is 3. The van der Waals surface area contributed by atoms with Gasteiger partial charge in [0.25, 0.3) is 0 Å². The second-order valence-electron chi connectivity index (χ2n) is 9.05. The normalized spacial score (nSPS) is 16.6. The Kier molecular flexibility index (Phi) is 9.03. The van der Waals surface area contributed by atoms with E-state index < -0.39 is 42.5 Å². The number of cyclic esters (lactones) is 1. The fraction of sp³-hybridized carbons (Fsp3) is 0.300. The van der Waals surface area contributed by atoms with Gasteiger partial charge in [0.05, 0.1) is 24.6 Å². The zero-order valence-electron chi connectivity index (χ0n) is 20.5. The Morgan fingerprint density at radius 3 is 2.14 bits per heavy atom. The van der Waals surface area contributed by atoms with Crippen molar-refractivity contribution in [3.8, 4) is 0 Å². The van der Waals surface area contributed by atoms with Gasteiger partial charge in [0.1, 0.15) is 13.2 Å². The molecular weight excluding hydrogens is 473 g/mol. The van der Waals surface area contributed by atoms with Crippen molar-refractivity contribution in [2.75, 3.05) is 13.3 Å². The molecule has 2 amide bonds. The molecule has 1 heterocycles. The van der Waals surface area contributed by atoms with E-state index in [4.69, 9.17) is 9.47 Å². The van der Waals surface area contributed by atoms with Crippen molar-refractivity contribution in [2.24, 2.45) is 5.92 Å². The first-order chi connectivity index (χ1) is 18.1. The molecule has 3 aromatic carbocycles. The van der Waals surface area contributed by atoms with Crippen molar-refractivity contribution >= 4 is 18.0 Å². The molecular formula is C30H30FNO5. The van der Waals surface area contributed by atoms with Crippen molar-refractivity contribution in [2.45, 2.75) is 37.8 Å². The molecule has 0 unspecified atom stereocenters. The zero-order valence-corrected chi connectivity index (χ0v) is 20.5. The maximum atomic E-state index is 14.1. The highest BCUT2D eigenvalue weighted by molar-refractivity contribution is 5.99. The topological polar surface area (TPSA) is 72.9 Å². The summed E-state index contributed by atoms with van der Waals surface area (Å²) in [6.07, 6.45) is -0.136. The minimum Gasteiger partial charge on any atom is -0.461 e. The van der Waals surface area contributed by atoms with E-state index in [1.54, 1.807) is 30.3 Å². The molecule has 0 spiro atoms. The molecule has 1 aliphatic heterocycles. The highest BCUT2D eigenvalue weighted by atomic mass is 19.1. The lowest BCUT2D eigenvalue weighted by molar-refractivity contribution is -0.154. The van der Waals surface area contributed by atoms with Gasteiger partial charge in [-0.2, -0.15) is 0 Å². The fourth-order valence-electron chi connectivity index (χ4n) is 4.68. The molecule has 0 aliphatic carbocycles. The van der Waals surface area contributed by atoms with Crippen molar-refractivity contribution < 1.29 is 28.2 Å². The Hall–Kier alpha value is -4.00. The quantitative estimate of drug-likeness (QED) is 0.325. The van der Waals surface area contributed by atoms with Crippen LogP contribution in [-0.2, 0) is 32.1 Å². The summed E-state index contributed by atoms with van der Waals surface area (Å²) in [6.45, 7) is -0.543. The Morgan fingerprint density at radius 2 is 1.51 bits per heavy atom. The van der Waals surface area contributed by atoms with Gasteiger partial charge < -0.3 is 9.47 Å². The van der Waals surface area contributed by atoms with Gasteiger partial charge in [0.2, 0.25) is 5.91 Å². The highest BCUT2D eigenvalue weighted by Crippen LogP contribution is 2.34. The Morgan fingerprint density at radius 1 is 0.919 bits per heavy atom. The lowest BCUT2D eigenvalue weighted by Crippen LogP contribution is -2.45. The Labute approximate surface area is 216 Å². The fourth-order valence-corrected chi connectivity index (χ4v) is 4.68. The first kappa shape index (κ1) is 26.1. The molecule has 3 aromatic rings. The molecule has 6 nitrogen and oxygen atoms in total. The first-order valence-electron chi connectivity index (χ1n) is 12.4. The summed E-state index contributed by atoms with van der Waals surface area (Å²) in [5.74, 6) is -3.15. The van der Waals surface area contributed by atoms with E-state index in [0.29, 0.717) is 12.0 Å². The second kappa shape index (κ2) is 12.8. The van der Waals surface area contributed by atoms with Crippen LogP contribution in [0.25, 0.3) is 0 Å². The minimum atomic E-state index is -1.03. The summed E-state index contributed by atoms with van der Waals surface area (Å²) in [5.41, 5.74) is 2.32. The van der Waals surface area contributed by atoms with Gasteiger partial charge in [0, 0.05) is 0 Å². The molecule has 0 N–H and O–H groups in total. The molecule has 192 valence electrons. The molecule has 37 heavy (non-hydrogen) atoms. The third-order valence-corrected chi connectivity index (χ3v) is 6.52. The number of hydrogen-bond donors (Lipinski definition) is 0. The summed E-state index contributed by atoms with van der Waals surface area (Å²) in [4.78, 5) is 41.3. The standard InChI is InChI=1S/C30H30FNO5/c31-18-10-17-26(29(34)36-20-23-13-6-2-7-14-23)27(24-15-8-3-9-16-24)28(33)32-25(21-37-30(32)35)19-22-11-4-1-5-12-22/h1-9,11-16,25-27H,10,17-21H2/t25-,26-,27+/m1/s1. The lowest BCUT2D eigenvalue weighted by atomic mass is 9.81. The molecule has 0 aromatic heterocycles. The smallest absolute Gasteiger partial charge is 0.417 e. The van der Waals surface area contributed by atoms with Gasteiger partial charge in [-0.05, 0) is 36.0 Å². The van der Waals surface area contributed by atoms with Crippen LogP contribution in [-0.4, -0.2) is 42.2 Å². The summed E-state index contributed by atoms with van der Waals surface area (Å²) in [6, 6.07) is 27.0. The number of nitrogens with zero attached hydrogens (tertiary/aromatic N) is 1. The molecule has 3 atom stereocenters. The van der Waals surface area contributed by atoms with Gasteiger partial charge in [-0.3, -0.25) is 14.0 Å². The maximum absolute atomic E-state index is 14.1. The molecule has 0 saturated carbocycles. The van der Waals surface area contributed by atoms with Crippen LogP contribution in [0.15, 0.2) is 91.0 Å². The molecule has 1 saturated heterocycles. The number of esters is 1. The number of carbonyl (C=O) groups is 3. The van der Waals surface area contributed by atoms with E-state index in [0.717, 1.165) is 16.0 Å². The van der Waals surface area contributed by atoms with Gasteiger partial charge >= 0.3 is 12.1 Å². The predicted molar refractivity (Wildman–Crippen MR) is 136 cm³/mol. The van der Waals surface area contributed by atoms with Crippen LogP contribution < -0.4 is 0 Å². The third kappa shape index (κ3) is 6.61. The Bertz CT molecular complexity index is 1170. The number of rotatable bonds is 11. The average Bonchev–Trinajstić information content (AvgIpc) is 3.30. The SMILES string of the molecule is O=C(OCc1ccccc1)[C@H](CCCF)[C@@H](C(=O)N1C(=O)OC[C@H]1Cc1ccccc1)c1ccccc1. The van der Waals surface area contributed by atoms with E-state index in [1.165, 1.54) is 0 Å². The number of imide groups is 1. The second-order valence-corrected chi connectivity index (χ2v) is 9.05. The van der Waals surface area contributed by atoms with Crippen LogP contribution in [0, 0.1) is 5.92 Å². The van der Waals surface area contributed by atoms with Crippen LogP contribution in [0.4, 0.5) is 9.18 Å². The highest BCUT2D eigenvalue weighted by Gasteiger charge is 2.45. The minimum absolute atomic E-state index is 0.0316. The van der Waals surface area contributed by atoms with Crippen molar-refractivity contribution in [1.82, 2.24) is 4.90 Å². The number of amides is 2. The monoisotopic (exact) mass is 503 g/mol. The molecule has 0 bridgehead atoms. The number of hydrogen-bond acceptors (Lipinski definition) is 5. The van der Waals surface area contributed by atoms with E-state index in [1.807, 2.05) is 60.7 Å². The van der Waals surface area contributed by atoms with Gasteiger partial charge in [-0.15, -0.1) is 0 Å². The largest absolute Gasteiger partial charge is 0.461 e. The Balaban J connectivity index is 1.63.